The van der Waals surface area contributed by atoms with Crippen molar-refractivity contribution in [3.05, 3.63) is 64.8 Å². The summed E-state index contributed by atoms with van der Waals surface area (Å²) in [5, 5.41) is 2.89. The number of imide groups is 1. The van der Waals surface area contributed by atoms with Gasteiger partial charge in [-0.1, -0.05) is 41.9 Å². The van der Waals surface area contributed by atoms with Gasteiger partial charge in [-0.05, 0) is 24.3 Å². The van der Waals surface area contributed by atoms with Crippen LogP contribution in [0.2, 0.25) is 5.02 Å². The van der Waals surface area contributed by atoms with Gasteiger partial charge < -0.3 is 10.1 Å². The Morgan fingerprint density at radius 1 is 1.09 bits per heavy atom. The lowest BCUT2D eigenvalue weighted by atomic mass is 10.1. The molecule has 1 aliphatic heterocycles. The first kappa shape index (κ1) is 15.1. The lowest BCUT2D eigenvalue weighted by Crippen LogP contribution is -2.30. The Kier molecular flexibility index (Phi) is 4.04. The third kappa shape index (κ3) is 2.78. The number of carbonyl (C=O) groups is 2. The van der Waals surface area contributed by atoms with Crippen molar-refractivity contribution in [2.45, 2.75) is 0 Å². The molecular formula is C17H13ClN2O3. The van der Waals surface area contributed by atoms with Gasteiger partial charge in [-0.15, -0.1) is 0 Å². The number of para-hydroxylation sites is 2. The van der Waals surface area contributed by atoms with E-state index >= 15 is 0 Å². The third-order valence-electron chi connectivity index (χ3n) is 3.41. The maximum absolute atomic E-state index is 12.5. The van der Waals surface area contributed by atoms with Crippen LogP contribution in [0.4, 0.5) is 10.5 Å². The molecule has 0 aromatic heterocycles. The summed E-state index contributed by atoms with van der Waals surface area (Å²) in [4.78, 5) is 25.7. The largest absolute Gasteiger partial charge is 0.496 e. The van der Waals surface area contributed by atoms with Crippen LogP contribution in [-0.2, 0) is 4.79 Å². The second-order valence-electron chi connectivity index (χ2n) is 4.82. The molecule has 1 saturated heterocycles. The number of anilines is 1. The molecule has 116 valence electrons. The van der Waals surface area contributed by atoms with Crippen LogP contribution in [0.1, 0.15) is 5.56 Å². The van der Waals surface area contributed by atoms with Crippen LogP contribution in [0, 0.1) is 0 Å². The zero-order valence-electron chi connectivity index (χ0n) is 12.2. The topological polar surface area (TPSA) is 58.6 Å². The Morgan fingerprint density at radius 3 is 2.52 bits per heavy atom. The van der Waals surface area contributed by atoms with E-state index in [1.807, 2.05) is 12.1 Å². The molecule has 23 heavy (non-hydrogen) atoms. The first-order chi connectivity index (χ1) is 11.1. The van der Waals surface area contributed by atoms with Crippen molar-refractivity contribution < 1.29 is 14.3 Å². The van der Waals surface area contributed by atoms with E-state index in [4.69, 9.17) is 16.3 Å². The average molecular weight is 329 g/mol. The smallest absolute Gasteiger partial charge is 0.333 e. The van der Waals surface area contributed by atoms with E-state index in [1.54, 1.807) is 49.6 Å². The summed E-state index contributed by atoms with van der Waals surface area (Å²) in [5.74, 6) is 0.146. The fourth-order valence-electron chi connectivity index (χ4n) is 2.33. The summed E-state index contributed by atoms with van der Waals surface area (Å²) in [6, 6.07) is 13.4. The van der Waals surface area contributed by atoms with Crippen LogP contribution in [0.5, 0.6) is 5.75 Å². The summed E-state index contributed by atoms with van der Waals surface area (Å²) in [6.45, 7) is 0. The van der Waals surface area contributed by atoms with Gasteiger partial charge in [0, 0.05) is 5.56 Å². The number of benzene rings is 2. The normalized spacial score (nSPS) is 15.9. The summed E-state index contributed by atoms with van der Waals surface area (Å²) in [5.41, 5.74) is 1.21. The van der Waals surface area contributed by atoms with Gasteiger partial charge in [0.25, 0.3) is 5.91 Å². The highest BCUT2D eigenvalue weighted by Crippen LogP contribution is 2.30. The zero-order chi connectivity index (χ0) is 16.4. The van der Waals surface area contributed by atoms with Crippen molar-refractivity contribution in [3.8, 4) is 5.75 Å². The fraction of sp³-hybridized carbons (Fsp3) is 0.0588. The number of nitrogens with zero attached hydrogens (tertiary/aromatic N) is 1. The van der Waals surface area contributed by atoms with E-state index < -0.39 is 11.9 Å². The number of urea groups is 1. The molecule has 0 saturated carbocycles. The number of nitrogens with one attached hydrogen (secondary N) is 1. The van der Waals surface area contributed by atoms with Gasteiger partial charge in [-0.3, -0.25) is 4.79 Å². The summed E-state index contributed by atoms with van der Waals surface area (Å²) < 4.78 is 5.24. The lowest BCUT2D eigenvalue weighted by Gasteiger charge is -2.13. The standard InChI is InChI=1S/C17H13ClN2O3/c1-23-15-9-5-2-6-11(15)10-13-16(21)20(17(22)19-13)14-8-4-3-7-12(14)18/h2-10H,1H3,(H,19,22)/b13-10+. The van der Waals surface area contributed by atoms with E-state index in [2.05, 4.69) is 5.32 Å². The predicted molar refractivity (Wildman–Crippen MR) is 88.4 cm³/mol. The van der Waals surface area contributed by atoms with Crippen molar-refractivity contribution in [1.82, 2.24) is 5.32 Å². The number of halogens is 1. The number of rotatable bonds is 3. The molecule has 0 unspecified atom stereocenters. The maximum Gasteiger partial charge on any atom is 0.333 e. The quantitative estimate of drug-likeness (QED) is 0.693. The van der Waals surface area contributed by atoms with Crippen LogP contribution in [0.15, 0.2) is 54.2 Å². The average Bonchev–Trinajstić information content (AvgIpc) is 2.83. The second kappa shape index (κ2) is 6.14. The first-order valence-corrected chi connectivity index (χ1v) is 7.24. The fourth-order valence-corrected chi connectivity index (χ4v) is 2.55. The number of methoxy groups -OCH3 is 1. The van der Waals surface area contributed by atoms with Gasteiger partial charge in [0.2, 0.25) is 0 Å². The SMILES string of the molecule is COc1ccccc1/C=C1/NC(=O)N(c2ccccc2Cl)C1=O. The van der Waals surface area contributed by atoms with Crippen molar-refractivity contribution >= 4 is 35.3 Å². The molecule has 1 fully saturated rings. The number of amides is 3. The molecule has 3 amide bonds. The van der Waals surface area contributed by atoms with Gasteiger partial charge in [0.05, 0.1) is 17.8 Å². The highest BCUT2D eigenvalue weighted by molar-refractivity contribution is 6.37. The van der Waals surface area contributed by atoms with Crippen molar-refractivity contribution in [1.29, 1.82) is 0 Å². The minimum atomic E-state index is -0.538. The molecule has 6 heteroatoms. The minimum absolute atomic E-state index is 0.166. The van der Waals surface area contributed by atoms with Gasteiger partial charge in [-0.2, -0.15) is 0 Å². The first-order valence-electron chi connectivity index (χ1n) is 6.86. The molecular weight excluding hydrogens is 316 g/mol. The highest BCUT2D eigenvalue weighted by Gasteiger charge is 2.35. The van der Waals surface area contributed by atoms with E-state index in [1.165, 1.54) is 0 Å². The predicted octanol–water partition coefficient (Wildman–Crippen LogP) is 3.45. The summed E-state index contributed by atoms with van der Waals surface area (Å²) in [6.07, 6.45) is 1.58. The Morgan fingerprint density at radius 2 is 1.78 bits per heavy atom. The minimum Gasteiger partial charge on any atom is -0.496 e. The van der Waals surface area contributed by atoms with Crippen LogP contribution < -0.4 is 15.0 Å². The van der Waals surface area contributed by atoms with Crippen LogP contribution in [-0.4, -0.2) is 19.0 Å². The van der Waals surface area contributed by atoms with Crippen molar-refractivity contribution in [2.75, 3.05) is 12.0 Å². The zero-order valence-corrected chi connectivity index (χ0v) is 13.0. The number of ether oxygens (including phenoxy) is 1. The molecule has 0 atom stereocenters. The third-order valence-corrected chi connectivity index (χ3v) is 3.73. The molecule has 0 spiro atoms. The monoisotopic (exact) mass is 328 g/mol. The molecule has 2 aromatic carbocycles. The highest BCUT2D eigenvalue weighted by atomic mass is 35.5. The van der Waals surface area contributed by atoms with Gasteiger partial charge in [0.15, 0.2) is 0 Å². The molecule has 0 bridgehead atoms. The molecule has 0 aliphatic carbocycles. The summed E-state index contributed by atoms with van der Waals surface area (Å²) >= 11 is 6.08. The molecule has 1 heterocycles. The lowest BCUT2D eigenvalue weighted by molar-refractivity contribution is -0.113. The van der Waals surface area contributed by atoms with Gasteiger partial charge in [0.1, 0.15) is 11.4 Å². The molecule has 1 N–H and O–H groups in total. The number of hydrogen-bond acceptors (Lipinski definition) is 3. The number of hydrogen-bond donors (Lipinski definition) is 1. The Balaban J connectivity index is 1.99. The van der Waals surface area contributed by atoms with Gasteiger partial charge in [-0.25, -0.2) is 9.69 Å². The van der Waals surface area contributed by atoms with E-state index in [9.17, 15) is 9.59 Å². The van der Waals surface area contributed by atoms with Gasteiger partial charge >= 0.3 is 6.03 Å². The molecule has 0 radical (unpaired) electrons. The Labute approximate surface area is 138 Å². The van der Waals surface area contributed by atoms with Crippen LogP contribution in [0.25, 0.3) is 6.08 Å². The molecule has 3 rings (SSSR count). The van der Waals surface area contributed by atoms with Crippen LogP contribution in [0.3, 0.4) is 0 Å². The molecule has 2 aromatic rings. The summed E-state index contributed by atoms with van der Waals surface area (Å²) in [7, 11) is 1.54. The van der Waals surface area contributed by atoms with Crippen LogP contribution >= 0.6 is 11.6 Å². The molecule has 1 aliphatic rings. The number of carbonyl (C=O) groups excluding carboxylic acids is 2. The Bertz CT molecular complexity index is 817. The van der Waals surface area contributed by atoms with E-state index in [0.29, 0.717) is 22.0 Å². The maximum atomic E-state index is 12.5. The van der Waals surface area contributed by atoms with Crippen molar-refractivity contribution in [2.24, 2.45) is 0 Å². The molecule has 5 nitrogen and oxygen atoms in total. The van der Waals surface area contributed by atoms with E-state index in [-0.39, 0.29) is 5.70 Å². The second-order valence-corrected chi connectivity index (χ2v) is 5.23. The van der Waals surface area contributed by atoms with Crippen molar-refractivity contribution in [3.63, 3.8) is 0 Å². The Hall–Kier alpha value is -2.79. The van der Waals surface area contributed by atoms with E-state index in [0.717, 1.165) is 4.90 Å².